The third kappa shape index (κ3) is 3.51. The van der Waals surface area contributed by atoms with Crippen molar-refractivity contribution in [1.82, 2.24) is 15.6 Å². The lowest BCUT2D eigenvalue weighted by Crippen LogP contribution is -2.52. The van der Waals surface area contributed by atoms with Gasteiger partial charge < -0.3 is 21.3 Å². The number of hydrogen-bond donors (Lipinski definition) is 3. The standard InChI is InChI=1S/C15H23N5O/c16-11-8-13(18-9-11)15(21)19-12-4-3-7-20(10-12)14-5-1-2-6-17-14/h1-2,5-6,11-13,18H,3-4,7-10,16H2,(H,19,21). The van der Waals surface area contributed by atoms with Gasteiger partial charge in [0.15, 0.2) is 0 Å². The maximum Gasteiger partial charge on any atom is 0.237 e. The summed E-state index contributed by atoms with van der Waals surface area (Å²) in [5.74, 6) is 1.06. The fraction of sp³-hybridized carbons (Fsp3) is 0.600. The van der Waals surface area contributed by atoms with Crippen LogP contribution in [0.5, 0.6) is 0 Å². The SMILES string of the molecule is NC1CNC(C(=O)NC2CCCN(c3ccccn3)C2)C1. The second kappa shape index (κ2) is 6.41. The van der Waals surface area contributed by atoms with E-state index in [1.807, 2.05) is 18.2 Å². The Morgan fingerprint density at radius 2 is 2.38 bits per heavy atom. The van der Waals surface area contributed by atoms with Crippen LogP contribution >= 0.6 is 0 Å². The molecular weight excluding hydrogens is 266 g/mol. The number of pyridine rings is 1. The molecule has 2 aliphatic heterocycles. The van der Waals surface area contributed by atoms with Crippen molar-refractivity contribution in [3.63, 3.8) is 0 Å². The number of nitrogens with one attached hydrogen (secondary N) is 2. The Hall–Kier alpha value is -1.66. The lowest BCUT2D eigenvalue weighted by atomic mass is 10.0. The maximum atomic E-state index is 12.2. The van der Waals surface area contributed by atoms with Crippen LogP contribution in [0.4, 0.5) is 5.82 Å². The van der Waals surface area contributed by atoms with Gasteiger partial charge in [-0.05, 0) is 31.4 Å². The molecule has 1 amide bonds. The summed E-state index contributed by atoms with van der Waals surface area (Å²) in [6.45, 7) is 2.54. The van der Waals surface area contributed by atoms with E-state index in [1.54, 1.807) is 6.20 Å². The summed E-state index contributed by atoms with van der Waals surface area (Å²) < 4.78 is 0. The molecule has 3 atom stereocenters. The van der Waals surface area contributed by atoms with E-state index >= 15 is 0 Å². The number of aromatic nitrogens is 1. The number of carbonyl (C=O) groups is 1. The number of piperidine rings is 1. The van der Waals surface area contributed by atoms with Crippen LogP contribution in [0.3, 0.4) is 0 Å². The second-order valence-corrected chi connectivity index (χ2v) is 5.94. The molecule has 0 radical (unpaired) electrons. The van der Waals surface area contributed by atoms with Crippen LogP contribution in [-0.2, 0) is 4.79 Å². The number of rotatable bonds is 3. The van der Waals surface area contributed by atoms with E-state index in [2.05, 4.69) is 20.5 Å². The van der Waals surface area contributed by atoms with Gasteiger partial charge in [0.1, 0.15) is 5.82 Å². The van der Waals surface area contributed by atoms with E-state index in [-0.39, 0.29) is 24.0 Å². The van der Waals surface area contributed by atoms with Crippen LogP contribution in [0.1, 0.15) is 19.3 Å². The number of anilines is 1. The van der Waals surface area contributed by atoms with Gasteiger partial charge in [-0.1, -0.05) is 6.07 Å². The maximum absolute atomic E-state index is 12.2. The summed E-state index contributed by atoms with van der Waals surface area (Å²) in [5, 5.41) is 6.33. The van der Waals surface area contributed by atoms with Gasteiger partial charge in [-0.3, -0.25) is 4.79 Å². The summed E-state index contributed by atoms with van der Waals surface area (Å²) in [7, 11) is 0. The number of carbonyl (C=O) groups excluding carboxylic acids is 1. The van der Waals surface area contributed by atoms with E-state index in [4.69, 9.17) is 5.73 Å². The first-order valence-corrected chi connectivity index (χ1v) is 7.67. The largest absolute Gasteiger partial charge is 0.355 e. The molecule has 3 rings (SSSR count). The lowest BCUT2D eigenvalue weighted by Gasteiger charge is -2.34. The normalized spacial score (nSPS) is 29.4. The molecule has 2 fully saturated rings. The third-order valence-corrected chi connectivity index (χ3v) is 4.22. The highest BCUT2D eigenvalue weighted by Crippen LogP contribution is 2.17. The summed E-state index contributed by atoms with van der Waals surface area (Å²) >= 11 is 0. The van der Waals surface area contributed by atoms with Gasteiger partial charge in [-0.2, -0.15) is 0 Å². The first-order valence-electron chi connectivity index (χ1n) is 7.67. The van der Waals surface area contributed by atoms with Crippen LogP contribution in [0.15, 0.2) is 24.4 Å². The van der Waals surface area contributed by atoms with Crippen molar-refractivity contribution in [3.05, 3.63) is 24.4 Å². The third-order valence-electron chi connectivity index (χ3n) is 4.22. The van der Waals surface area contributed by atoms with E-state index < -0.39 is 0 Å². The minimum absolute atomic E-state index is 0.0795. The van der Waals surface area contributed by atoms with Crippen molar-refractivity contribution in [3.8, 4) is 0 Å². The molecule has 6 nitrogen and oxygen atoms in total. The van der Waals surface area contributed by atoms with Crippen LogP contribution in [0.25, 0.3) is 0 Å². The summed E-state index contributed by atoms with van der Waals surface area (Å²) in [6.07, 6.45) is 4.62. The zero-order valence-electron chi connectivity index (χ0n) is 12.2. The molecule has 1 aromatic heterocycles. The Morgan fingerprint density at radius 1 is 1.48 bits per heavy atom. The Morgan fingerprint density at radius 3 is 3.10 bits per heavy atom. The molecule has 3 heterocycles. The highest BCUT2D eigenvalue weighted by atomic mass is 16.2. The molecule has 1 aromatic rings. The molecule has 0 spiro atoms. The van der Waals surface area contributed by atoms with Crippen molar-refractivity contribution in [2.45, 2.75) is 37.4 Å². The number of nitrogens with two attached hydrogens (primary N) is 1. The number of nitrogens with zero attached hydrogens (tertiary/aromatic N) is 2. The molecule has 4 N–H and O–H groups in total. The van der Waals surface area contributed by atoms with Crippen LogP contribution in [0.2, 0.25) is 0 Å². The van der Waals surface area contributed by atoms with Gasteiger partial charge in [0.2, 0.25) is 5.91 Å². The van der Waals surface area contributed by atoms with Crippen LogP contribution in [0, 0.1) is 0 Å². The molecule has 0 bridgehead atoms. The van der Waals surface area contributed by atoms with Crippen molar-refractivity contribution in [2.24, 2.45) is 5.73 Å². The Labute approximate surface area is 125 Å². The minimum Gasteiger partial charge on any atom is -0.355 e. The van der Waals surface area contributed by atoms with Crippen LogP contribution in [-0.4, -0.2) is 48.7 Å². The Kier molecular flexibility index (Phi) is 4.36. The lowest BCUT2D eigenvalue weighted by molar-refractivity contribution is -0.123. The van der Waals surface area contributed by atoms with Gasteiger partial charge >= 0.3 is 0 Å². The van der Waals surface area contributed by atoms with Crippen molar-refractivity contribution < 1.29 is 4.79 Å². The van der Waals surface area contributed by atoms with E-state index in [0.29, 0.717) is 0 Å². The molecular formula is C15H23N5O. The van der Waals surface area contributed by atoms with Gasteiger partial charge in [0, 0.05) is 37.9 Å². The average Bonchev–Trinajstić information content (AvgIpc) is 2.95. The van der Waals surface area contributed by atoms with Crippen molar-refractivity contribution in [2.75, 3.05) is 24.5 Å². The second-order valence-electron chi connectivity index (χ2n) is 5.94. The van der Waals surface area contributed by atoms with E-state index in [9.17, 15) is 4.79 Å². The molecule has 2 aliphatic rings. The fourth-order valence-electron chi connectivity index (χ4n) is 3.11. The molecule has 114 valence electrons. The summed E-state index contributed by atoms with van der Waals surface area (Å²) in [4.78, 5) is 18.9. The first-order chi connectivity index (χ1) is 10.2. The molecule has 0 aromatic carbocycles. The molecule has 3 unspecified atom stereocenters. The quantitative estimate of drug-likeness (QED) is 0.721. The zero-order valence-corrected chi connectivity index (χ0v) is 12.2. The van der Waals surface area contributed by atoms with Gasteiger partial charge in [-0.15, -0.1) is 0 Å². The van der Waals surface area contributed by atoms with E-state index in [1.165, 1.54) is 0 Å². The van der Waals surface area contributed by atoms with Crippen molar-refractivity contribution >= 4 is 11.7 Å². The molecule has 21 heavy (non-hydrogen) atoms. The first kappa shape index (κ1) is 14.3. The van der Waals surface area contributed by atoms with Gasteiger partial charge in [-0.25, -0.2) is 4.98 Å². The molecule has 2 saturated heterocycles. The fourth-order valence-corrected chi connectivity index (χ4v) is 3.11. The monoisotopic (exact) mass is 289 g/mol. The van der Waals surface area contributed by atoms with Crippen LogP contribution < -0.4 is 21.3 Å². The Balaban J connectivity index is 1.55. The molecule has 0 aliphatic carbocycles. The molecule has 0 saturated carbocycles. The predicted molar refractivity (Wildman–Crippen MR) is 82.0 cm³/mol. The Bertz CT molecular complexity index is 480. The smallest absolute Gasteiger partial charge is 0.237 e. The predicted octanol–water partition coefficient (Wildman–Crippen LogP) is -0.144. The minimum atomic E-state index is -0.134. The topological polar surface area (TPSA) is 83.3 Å². The number of amides is 1. The summed E-state index contributed by atoms with van der Waals surface area (Å²) in [5.41, 5.74) is 5.84. The van der Waals surface area contributed by atoms with Gasteiger partial charge in [0.25, 0.3) is 0 Å². The zero-order chi connectivity index (χ0) is 14.7. The van der Waals surface area contributed by atoms with E-state index in [0.717, 1.165) is 44.7 Å². The molecule has 6 heteroatoms. The highest BCUT2D eigenvalue weighted by Gasteiger charge is 2.30. The van der Waals surface area contributed by atoms with Gasteiger partial charge in [0.05, 0.1) is 6.04 Å². The average molecular weight is 289 g/mol. The summed E-state index contributed by atoms with van der Waals surface area (Å²) in [6, 6.07) is 6.08. The number of hydrogen-bond acceptors (Lipinski definition) is 5. The highest BCUT2D eigenvalue weighted by molar-refractivity contribution is 5.82. The van der Waals surface area contributed by atoms with Crippen molar-refractivity contribution in [1.29, 1.82) is 0 Å².